The number of aromatic nitrogens is 1. The van der Waals surface area contributed by atoms with Crippen molar-refractivity contribution in [1.29, 1.82) is 0 Å². The monoisotopic (exact) mass is 420 g/mol. The molecule has 2 unspecified atom stereocenters. The highest BCUT2D eigenvalue weighted by molar-refractivity contribution is 6.40. The zero-order chi connectivity index (χ0) is 20.4. The number of amides is 2. The Balaban J connectivity index is 1.72. The van der Waals surface area contributed by atoms with Crippen LogP contribution in [0.4, 0.5) is 11.5 Å². The minimum atomic E-state index is -0.425. The van der Waals surface area contributed by atoms with Crippen LogP contribution in [0.25, 0.3) is 0 Å². The van der Waals surface area contributed by atoms with E-state index in [1.165, 1.54) is 6.20 Å². The van der Waals surface area contributed by atoms with Gasteiger partial charge in [0.1, 0.15) is 5.82 Å². The number of anilines is 2. The fraction of sp³-hybridized carbons (Fsp3) is 0.350. The zero-order valence-corrected chi connectivity index (χ0v) is 17.4. The molecule has 28 heavy (non-hydrogen) atoms. The summed E-state index contributed by atoms with van der Waals surface area (Å²) in [5.41, 5.74) is 1.61. The maximum absolute atomic E-state index is 12.7. The van der Waals surface area contributed by atoms with Gasteiger partial charge in [-0.1, -0.05) is 30.1 Å². The maximum Gasteiger partial charge on any atom is 0.258 e. The summed E-state index contributed by atoms with van der Waals surface area (Å²) in [7, 11) is 3.87. The number of rotatable bonds is 6. The van der Waals surface area contributed by atoms with E-state index in [-0.39, 0.29) is 27.4 Å². The molecule has 8 heteroatoms. The highest BCUT2D eigenvalue weighted by Crippen LogP contribution is 2.38. The predicted octanol–water partition coefficient (Wildman–Crippen LogP) is 4.30. The Morgan fingerprint density at radius 2 is 1.82 bits per heavy atom. The van der Waals surface area contributed by atoms with Gasteiger partial charge in [-0.3, -0.25) is 9.59 Å². The third-order valence-corrected chi connectivity index (χ3v) is 5.14. The van der Waals surface area contributed by atoms with Crippen molar-refractivity contribution in [2.45, 2.75) is 19.9 Å². The smallest absolute Gasteiger partial charge is 0.258 e. The normalized spacial score (nSPS) is 18.1. The van der Waals surface area contributed by atoms with Gasteiger partial charge in [0, 0.05) is 30.4 Å². The highest BCUT2D eigenvalue weighted by atomic mass is 35.5. The minimum absolute atomic E-state index is 0.0401. The average molecular weight is 421 g/mol. The number of nitrogens with zero attached hydrogens (tertiary/aromatic N) is 2. The van der Waals surface area contributed by atoms with Gasteiger partial charge >= 0.3 is 0 Å². The van der Waals surface area contributed by atoms with Crippen molar-refractivity contribution in [2.24, 2.45) is 11.8 Å². The van der Waals surface area contributed by atoms with Crippen LogP contribution in [0.5, 0.6) is 0 Å². The summed E-state index contributed by atoms with van der Waals surface area (Å²) in [5.74, 6) is 0.359. The average Bonchev–Trinajstić information content (AvgIpc) is 3.31. The number of hydrogen-bond donors (Lipinski definition) is 2. The second-order valence-electron chi connectivity index (χ2n) is 7.36. The molecule has 1 saturated carbocycles. The van der Waals surface area contributed by atoms with Gasteiger partial charge in [-0.05, 0) is 50.2 Å². The van der Waals surface area contributed by atoms with Crippen LogP contribution < -0.4 is 10.6 Å². The van der Waals surface area contributed by atoms with Crippen LogP contribution in [0.3, 0.4) is 0 Å². The third-order valence-electron chi connectivity index (χ3n) is 4.54. The van der Waals surface area contributed by atoms with Crippen molar-refractivity contribution in [3.8, 4) is 0 Å². The molecule has 1 heterocycles. The van der Waals surface area contributed by atoms with E-state index in [0.29, 0.717) is 24.0 Å². The van der Waals surface area contributed by atoms with E-state index < -0.39 is 5.91 Å². The first-order valence-electron chi connectivity index (χ1n) is 8.95. The Kier molecular flexibility index (Phi) is 6.23. The van der Waals surface area contributed by atoms with Crippen molar-refractivity contribution in [1.82, 2.24) is 9.88 Å². The Labute approximate surface area is 174 Å². The molecular weight excluding hydrogens is 399 g/mol. The molecule has 2 atom stereocenters. The van der Waals surface area contributed by atoms with Crippen LogP contribution in [-0.2, 0) is 11.3 Å². The summed E-state index contributed by atoms with van der Waals surface area (Å²) in [6, 6.07) is 6.70. The number of hydrogen-bond acceptors (Lipinski definition) is 4. The molecule has 1 aliphatic carbocycles. The van der Waals surface area contributed by atoms with E-state index in [1.54, 1.807) is 24.3 Å². The fourth-order valence-electron chi connectivity index (χ4n) is 2.98. The summed E-state index contributed by atoms with van der Waals surface area (Å²) in [4.78, 5) is 30.9. The lowest BCUT2D eigenvalue weighted by molar-refractivity contribution is -0.117. The van der Waals surface area contributed by atoms with Gasteiger partial charge in [-0.25, -0.2) is 4.98 Å². The van der Waals surface area contributed by atoms with Crippen LogP contribution in [0.2, 0.25) is 10.0 Å². The molecule has 0 aliphatic heterocycles. The molecule has 6 nitrogen and oxygen atoms in total. The second-order valence-corrected chi connectivity index (χ2v) is 8.18. The molecule has 0 bridgehead atoms. The molecule has 3 rings (SSSR count). The standard InChI is InChI=1S/C20H22Cl2N4O2/c1-11-6-14(11)19(27)25-17-9-13(4-5-23-17)24-20(28)18-15(21)7-12(8-16(18)22)10-26(2)3/h4-5,7-9,11,14H,6,10H2,1-3H3,(H2,23,24,25,27,28). The van der Waals surface area contributed by atoms with Crippen LogP contribution in [0.15, 0.2) is 30.5 Å². The molecule has 1 aliphatic rings. The summed E-state index contributed by atoms with van der Waals surface area (Å²) in [5, 5.41) is 6.10. The number of pyridine rings is 1. The molecule has 2 N–H and O–H groups in total. The lowest BCUT2D eigenvalue weighted by atomic mass is 10.1. The number of halogens is 2. The van der Waals surface area contributed by atoms with Crippen LogP contribution in [-0.4, -0.2) is 35.8 Å². The van der Waals surface area contributed by atoms with Gasteiger partial charge in [0.05, 0.1) is 15.6 Å². The van der Waals surface area contributed by atoms with E-state index in [0.717, 1.165) is 12.0 Å². The van der Waals surface area contributed by atoms with Crippen molar-refractivity contribution in [3.05, 3.63) is 51.6 Å². The topological polar surface area (TPSA) is 74.3 Å². The quantitative estimate of drug-likeness (QED) is 0.730. The Hall–Kier alpha value is -2.15. The molecule has 1 aromatic heterocycles. The minimum Gasteiger partial charge on any atom is -0.322 e. The van der Waals surface area contributed by atoms with Crippen molar-refractivity contribution < 1.29 is 9.59 Å². The van der Waals surface area contributed by atoms with Gasteiger partial charge in [0.15, 0.2) is 0 Å². The number of nitrogens with one attached hydrogen (secondary N) is 2. The van der Waals surface area contributed by atoms with E-state index in [2.05, 4.69) is 15.6 Å². The molecule has 2 amide bonds. The van der Waals surface area contributed by atoms with Gasteiger partial charge < -0.3 is 15.5 Å². The maximum atomic E-state index is 12.7. The van der Waals surface area contributed by atoms with Crippen LogP contribution in [0.1, 0.15) is 29.3 Å². The zero-order valence-electron chi connectivity index (χ0n) is 15.9. The highest BCUT2D eigenvalue weighted by Gasteiger charge is 2.39. The van der Waals surface area contributed by atoms with Crippen LogP contribution >= 0.6 is 23.2 Å². The second kappa shape index (κ2) is 8.47. The number of benzene rings is 1. The lowest BCUT2D eigenvalue weighted by Crippen LogP contribution is -2.17. The van der Waals surface area contributed by atoms with E-state index in [1.807, 2.05) is 25.9 Å². The Morgan fingerprint density at radius 1 is 1.18 bits per heavy atom. The molecule has 0 spiro atoms. The summed E-state index contributed by atoms with van der Waals surface area (Å²) >= 11 is 12.6. The Bertz CT molecular complexity index is 894. The third kappa shape index (κ3) is 5.01. The first kappa shape index (κ1) is 20.6. The van der Waals surface area contributed by atoms with Gasteiger partial charge in [0.2, 0.25) is 5.91 Å². The molecular formula is C20H22Cl2N4O2. The first-order valence-corrected chi connectivity index (χ1v) is 9.71. The number of carbonyl (C=O) groups excluding carboxylic acids is 2. The summed E-state index contributed by atoms with van der Waals surface area (Å²) < 4.78 is 0. The van der Waals surface area contributed by atoms with Crippen molar-refractivity contribution >= 4 is 46.5 Å². The van der Waals surface area contributed by atoms with Gasteiger partial charge in [0.25, 0.3) is 5.91 Å². The molecule has 1 aromatic carbocycles. The molecule has 148 valence electrons. The Morgan fingerprint density at radius 3 is 2.39 bits per heavy atom. The van der Waals surface area contributed by atoms with E-state index in [4.69, 9.17) is 23.2 Å². The van der Waals surface area contributed by atoms with E-state index in [9.17, 15) is 9.59 Å². The molecule has 0 saturated heterocycles. The summed E-state index contributed by atoms with van der Waals surface area (Å²) in [6.07, 6.45) is 2.41. The largest absolute Gasteiger partial charge is 0.322 e. The fourth-order valence-corrected chi connectivity index (χ4v) is 3.68. The van der Waals surface area contributed by atoms with E-state index >= 15 is 0 Å². The molecule has 1 fully saturated rings. The first-order chi connectivity index (χ1) is 13.2. The SMILES string of the molecule is CC1CC1C(=O)Nc1cc(NC(=O)c2c(Cl)cc(CN(C)C)cc2Cl)ccn1. The molecule has 0 radical (unpaired) electrons. The van der Waals surface area contributed by atoms with Crippen LogP contribution in [0, 0.1) is 11.8 Å². The molecule has 2 aromatic rings. The summed E-state index contributed by atoms with van der Waals surface area (Å²) in [6.45, 7) is 2.69. The van der Waals surface area contributed by atoms with Crippen molar-refractivity contribution in [2.75, 3.05) is 24.7 Å². The number of carbonyl (C=O) groups is 2. The predicted molar refractivity (Wildman–Crippen MR) is 112 cm³/mol. The van der Waals surface area contributed by atoms with Gasteiger partial charge in [-0.15, -0.1) is 0 Å². The van der Waals surface area contributed by atoms with Crippen molar-refractivity contribution in [3.63, 3.8) is 0 Å². The van der Waals surface area contributed by atoms with Gasteiger partial charge in [-0.2, -0.15) is 0 Å². The lowest BCUT2D eigenvalue weighted by Gasteiger charge is -2.14.